The smallest absolute Gasteiger partial charge is 0.312 e. The molecule has 23 heavy (non-hydrogen) atoms. The van der Waals surface area contributed by atoms with Gasteiger partial charge in [-0.3, -0.25) is 19.3 Å². The standard InChI is InChI=1S/C17H18BrNO4/c18-11-4-3-5-12(10-11)23-15(20)8-9-19-16(21)13-6-1-2-7-14(13)17(19)22/h3-5,10,13-14H,1-2,6-9H2/t13-,14-/m0/s1. The maximum absolute atomic E-state index is 12.3. The number of esters is 1. The second kappa shape index (κ2) is 6.83. The fourth-order valence-corrected chi connectivity index (χ4v) is 3.75. The normalized spacial score (nSPS) is 23.8. The Kier molecular flexibility index (Phi) is 4.80. The fourth-order valence-electron chi connectivity index (χ4n) is 3.37. The number of ether oxygens (including phenoxy) is 1. The zero-order valence-electron chi connectivity index (χ0n) is 12.7. The fraction of sp³-hybridized carbons (Fsp3) is 0.471. The highest BCUT2D eigenvalue weighted by molar-refractivity contribution is 9.10. The van der Waals surface area contributed by atoms with Gasteiger partial charge in [-0.25, -0.2) is 0 Å². The molecule has 3 rings (SSSR count). The van der Waals surface area contributed by atoms with Crippen molar-refractivity contribution in [3.05, 3.63) is 28.7 Å². The van der Waals surface area contributed by atoms with E-state index in [1.165, 1.54) is 4.90 Å². The molecule has 1 aromatic rings. The molecule has 2 aliphatic rings. The van der Waals surface area contributed by atoms with Gasteiger partial charge in [-0.2, -0.15) is 0 Å². The van der Waals surface area contributed by atoms with Crippen LogP contribution in [0.2, 0.25) is 0 Å². The molecule has 0 aromatic heterocycles. The molecule has 0 radical (unpaired) electrons. The van der Waals surface area contributed by atoms with Gasteiger partial charge in [0, 0.05) is 11.0 Å². The molecule has 2 atom stereocenters. The Morgan fingerprint density at radius 1 is 1.17 bits per heavy atom. The number of amides is 2. The van der Waals surface area contributed by atoms with E-state index in [4.69, 9.17) is 4.74 Å². The minimum absolute atomic E-state index is 0.0173. The molecule has 1 saturated heterocycles. The Morgan fingerprint density at radius 3 is 2.43 bits per heavy atom. The van der Waals surface area contributed by atoms with Crippen molar-refractivity contribution in [2.24, 2.45) is 11.8 Å². The summed E-state index contributed by atoms with van der Waals surface area (Å²) in [6.07, 6.45) is 3.59. The monoisotopic (exact) mass is 379 g/mol. The number of imide groups is 1. The molecule has 0 spiro atoms. The van der Waals surface area contributed by atoms with Crippen LogP contribution >= 0.6 is 15.9 Å². The van der Waals surface area contributed by atoms with Gasteiger partial charge in [0.1, 0.15) is 5.75 Å². The summed E-state index contributed by atoms with van der Waals surface area (Å²) in [5, 5.41) is 0. The average Bonchev–Trinajstić information content (AvgIpc) is 2.77. The molecule has 1 aromatic carbocycles. The molecule has 0 N–H and O–H groups in total. The number of benzene rings is 1. The maximum Gasteiger partial charge on any atom is 0.312 e. The van der Waals surface area contributed by atoms with Gasteiger partial charge in [-0.1, -0.05) is 34.8 Å². The van der Waals surface area contributed by atoms with Crippen LogP contribution in [0.4, 0.5) is 0 Å². The van der Waals surface area contributed by atoms with Crippen molar-refractivity contribution in [3.8, 4) is 5.75 Å². The van der Waals surface area contributed by atoms with Crippen LogP contribution in [-0.4, -0.2) is 29.2 Å². The van der Waals surface area contributed by atoms with Crippen LogP contribution in [0.1, 0.15) is 32.1 Å². The lowest BCUT2D eigenvalue weighted by atomic mass is 9.81. The lowest BCUT2D eigenvalue weighted by Gasteiger charge is -2.19. The van der Waals surface area contributed by atoms with Crippen molar-refractivity contribution in [3.63, 3.8) is 0 Å². The number of rotatable bonds is 4. The van der Waals surface area contributed by atoms with Gasteiger partial charge in [0.25, 0.3) is 0 Å². The van der Waals surface area contributed by atoms with Crippen LogP contribution in [-0.2, 0) is 14.4 Å². The lowest BCUT2D eigenvalue weighted by Crippen LogP contribution is -2.33. The lowest BCUT2D eigenvalue weighted by molar-refractivity contribution is -0.141. The van der Waals surface area contributed by atoms with Crippen LogP contribution in [0, 0.1) is 11.8 Å². The summed E-state index contributed by atoms with van der Waals surface area (Å²) in [6, 6.07) is 6.98. The summed E-state index contributed by atoms with van der Waals surface area (Å²) in [4.78, 5) is 37.8. The SMILES string of the molecule is O=C(CCN1C(=O)[C@H]2CCCC[C@@H]2C1=O)Oc1cccc(Br)c1. The van der Waals surface area contributed by atoms with Crippen molar-refractivity contribution in [2.45, 2.75) is 32.1 Å². The van der Waals surface area contributed by atoms with Crippen LogP contribution in [0.5, 0.6) is 5.75 Å². The van der Waals surface area contributed by atoms with E-state index < -0.39 is 5.97 Å². The first-order valence-corrected chi connectivity index (χ1v) is 8.67. The summed E-state index contributed by atoms with van der Waals surface area (Å²) in [6.45, 7) is 0.109. The van der Waals surface area contributed by atoms with Gasteiger partial charge in [0.05, 0.1) is 18.3 Å². The number of carbonyl (C=O) groups is 3. The van der Waals surface area contributed by atoms with E-state index in [-0.39, 0.29) is 36.6 Å². The summed E-state index contributed by atoms with van der Waals surface area (Å²) in [7, 11) is 0. The molecule has 1 aliphatic carbocycles. The first-order valence-electron chi connectivity index (χ1n) is 7.88. The number of carbonyl (C=O) groups excluding carboxylic acids is 3. The topological polar surface area (TPSA) is 63.7 Å². The second-order valence-electron chi connectivity index (χ2n) is 6.01. The number of likely N-dealkylation sites (tertiary alicyclic amines) is 1. The van der Waals surface area contributed by atoms with Crippen molar-refractivity contribution >= 4 is 33.7 Å². The molecule has 5 nitrogen and oxygen atoms in total. The molecule has 2 amide bonds. The van der Waals surface area contributed by atoms with E-state index >= 15 is 0 Å². The third-order valence-electron chi connectivity index (χ3n) is 4.50. The van der Waals surface area contributed by atoms with Crippen LogP contribution in [0.25, 0.3) is 0 Å². The quantitative estimate of drug-likeness (QED) is 0.458. The molecule has 0 unspecified atom stereocenters. The number of fused-ring (bicyclic) bond motifs is 1. The largest absolute Gasteiger partial charge is 0.426 e. The summed E-state index contributed by atoms with van der Waals surface area (Å²) < 4.78 is 6.04. The van der Waals surface area contributed by atoms with E-state index in [0.717, 1.165) is 30.2 Å². The highest BCUT2D eigenvalue weighted by Gasteiger charge is 2.47. The van der Waals surface area contributed by atoms with Gasteiger partial charge < -0.3 is 4.74 Å². The number of hydrogen-bond donors (Lipinski definition) is 0. The molecular formula is C17H18BrNO4. The second-order valence-corrected chi connectivity index (χ2v) is 6.92. The van der Waals surface area contributed by atoms with E-state index in [1.807, 2.05) is 6.07 Å². The van der Waals surface area contributed by atoms with Crippen LogP contribution < -0.4 is 4.74 Å². The predicted octanol–water partition coefficient (Wildman–Crippen LogP) is 2.92. The molecule has 2 fully saturated rings. The molecule has 0 bridgehead atoms. The average molecular weight is 380 g/mol. The van der Waals surface area contributed by atoms with Gasteiger partial charge in [0.15, 0.2) is 0 Å². The zero-order chi connectivity index (χ0) is 16.4. The molecule has 122 valence electrons. The van der Waals surface area contributed by atoms with E-state index in [9.17, 15) is 14.4 Å². The van der Waals surface area contributed by atoms with Crippen molar-refractivity contribution < 1.29 is 19.1 Å². The van der Waals surface area contributed by atoms with Gasteiger partial charge in [0.2, 0.25) is 11.8 Å². The molecule has 1 heterocycles. The Bertz CT molecular complexity index is 621. The molecule has 1 saturated carbocycles. The number of hydrogen-bond acceptors (Lipinski definition) is 4. The van der Waals surface area contributed by atoms with Gasteiger partial charge in [-0.15, -0.1) is 0 Å². The van der Waals surface area contributed by atoms with Gasteiger partial charge in [-0.05, 0) is 31.0 Å². The van der Waals surface area contributed by atoms with Gasteiger partial charge >= 0.3 is 5.97 Å². The Labute approximate surface area is 143 Å². The first kappa shape index (κ1) is 16.2. The molecule has 1 aliphatic heterocycles. The number of nitrogens with zero attached hydrogens (tertiary/aromatic N) is 1. The minimum Gasteiger partial charge on any atom is -0.426 e. The minimum atomic E-state index is -0.446. The van der Waals surface area contributed by atoms with Crippen molar-refractivity contribution in [1.29, 1.82) is 0 Å². The Hall–Kier alpha value is -1.69. The van der Waals surface area contributed by atoms with E-state index in [2.05, 4.69) is 15.9 Å². The Morgan fingerprint density at radius 2 is 1.83 bits per heavy atom. The third-order valence-corrected chi connectivity index (χ3v) is 4.99. The van der Waals surface area contributed by atoms with Crippen molar-refractivity contribution in [2.75, 3.05) is 6.54 Å². The summed E-state index contributed by atoms with van der Waals surface area (Å²) in [5.41, 5.74) is 0. The highest BCUT2D eigenvalue weighted by Crippen LogP contribution is 2.37. The van der Waals surface area contributed by atoms with E-state index in [1.54, 1.807) is 18.2 Å². The van der Waals surface area contributed by atoms with Crippen LogP contribution in [0.3, 0.4) is 0 Å². The first-order chi connectivity index (χ1) is 11.1. The summed E-state index contributed by atoms with van der Waals surface area (Å²) >= 11 is 3.31. The number of halogens is 1. The van der Waals surface area contributed by atoms with Crippen LogP contribution in [0.15, 0.2) is 28.7 Å². The highest BCUT2D eigenvalue weighted by atomic mass is 79.9. The molecular weight excluding hydrogens is 362 g/mol. The van der Waals surface area contributed by atoms with E-state index in [0.29, 0.717) is 5.75 Å². The third kappa shape index (κ3) is 3.47. The maximum atomic E-state index is 12.3. The molecule has 6 heteroatoms. The summed E-state index contributed by atoms with van der Waals surface area (Å²) in [5.74, 6) is -0.574. The Balaban J connectivity index is 1.56. The van der Waals surface area contributed by atoms with Crippen molar-refractivity contribution in [1.82, 2.24) is 4.90 Å². The zero-order valence-corrected chi connectivity index (χ0v) is 14.3. The predicted molar refractivity (Wildman–Crippen MR) is 86.6 cm³/mol.